The highest BCUT2D eigenvalue weighted by molar-refractivity contribution is 5.98. The lowest BCUT2D eigenvalue weighted by Gasteiger charge is -2.20. The minimum Gasteiger partial charge on any atom is -0.494 e. The zero-order valence-electron chi connectivity index (χ0n) is 10.3. The van der Waals surface area contributed by atoms with Crippen LogP contribution < -0.4 is 4.74 Å². The standard InChI is InChI=1S/C14H16F2O2/c1-18-12-8-10(7-11(15)13(12)16)14(17)9-5-3-2-4-6-9/h7-9H,2-6H2,1H3. The maximum absolute atomic E-state index is 13.3. The first-order valence-corrected chi connectivity index (χ1v) is 6.20. The molecule has 0 amide bonds. The molecule has 1 aliphatic carbocycles. The molecule has 2 nitrogen and oxygen atoms in total. The summed E-state index contributed by atoms with van der Waals surface area (Å²) in [6.07, 6.45) is 4.86. The van der Waals surface area contributed by atoms with Gasteiger partial charge in [-0.15, -0.1) is 0 Å². The summed E-state index contributed by atoms with van der Waals surface area (Å²) in [7, 11) is 1.26. The van der Waals surface area contributed by atoms with Crippen LogP contribution >= 0.6 is 0 Å². The highest BCUT2D eigenvalue weighted by Crippen LogP contribution is 2.29. The third kappa shape index (κ3) is 2.52. The number of Topliss-reactive ketones (excluding diaryl/α,β-unsaturated/α-hetero) is 1. The predicted molar refractivity (Wildman–Crippen MR) is 63.8 cm³/mol. The van der Waals surface area contributed by atoms with Crippen molar-refractivity contribution in [2.75, 3.05) is 7.11 Å². The minimum atomic E-state index is -1.04. The van der Waals surface area contributed by atoms with Gasteiger partial charge in [0.25, 0.3) is 0 Å². The Morgan fingerprint density at radius 2 is 1.89 bits per heavy atom. The molecule has 2 rings (SSSR count). The molecule has 0 radical (unpaired) electrons. The van der Waals surface area contributed by atoms with Crippen molar-refractivity contribution in [1.82, 2.24) is 0 Å². The molecule has 0 spiro atoms. The summed E-state index contributed by atoms with van der Waals surface area (Å²) in [5, 5.41) is 0. The average molecular weight is 254 g/mol. The molecule has 1 aromatic carbocycles. The molecule has 1 saturated carbocycles. The Bertz CT molecular complexity index is 451. The molecule has 0 bridgehead atoms. The molecule has 0 aliphatic heterocycles. The number of benzene rings is 1. The molecular formula is C14H16F2O2. The van der Waals surface area contributed by atoms with Gasteiger partial charge in [-0.3, -0.25) is 4.79 Å². The monoisotopic (exact) mass is 254 g/mol. The van der Waals surface area contributed by atoms with Crippen LogP contribution in [0, 0.1) is 17.6 Å². The van der Waals surface area contributed by atoms with Gasteiger partial charge >= 0.3 is 0 Å². The summed E-state index contributed by atoms with van der Waals surface area (Å²) in [5.74, 6) is -2.46. The van der Waals surface area contributed by atoms with E-state index in [1.54, 1.807) is 0 Å². The van der Waals surface area contributed by atoms with E-state index in [0.717, 1.165) is 38.2 Å². The number of ether oxygens (including phenoxy) is 1. The Hall–Kier alpha value is -1.45. The third-order valence-corrected chi connectivity index (χ3v) is 3.48. The van der Waals surface area contributed by atoms with E-state index in [1.165, 1.54) is 13.2 Å². The molecule has 18 heavy (non-hydrogen) atoms. The van der Waals surface area contributed by atoms with Crippen molar-refractivity contribution >= 4 is 5.78 Å². The minimum absolute atomic E-state index is 0.0617. The number of carbonyl (C=O) groups is 1. The summed E-state index contributed by atoms with van der Waals surface area (Å²) in [6.45, 7) is 0. The van der Waals surface area contributed by atoms with E-state index in [-0.39, 0.29) is 23.0 Å². The second-order valence-electron chi connectivity index (χ2n) is 4.67. The fourth-order valence-electron chi connectivity index (χ4n) is 2.46. The first-order valence-electron chi connectivity index (χ1n) is 6.20. The lowest BCUT2D eigenvalue weighted by atomic mass is 9.84. The number of hydrogen-bond acceptors (Lipinski definition) is 2. The largest absolute Gasteiger partial charge is 0.494 e. The van der Waals surface area contributed by atoms with Crippen LogP contribution in [-0.4, -0.2) is 12.9 Å². The fourth-order valence-corrected chi connectivity index (χ4v) is 2.46. The highest BCUT2D eigenvalue weighted by Gasteiger charge is 2.24. The van der Waals surface area contributed by atoms with Crippen LogP contribution in [0.2, 0.25) is 0 Å². The van der Waals surface area contributed by atoms with Crippen LogP contribution in [0.1, 0.15) is 42.5 Å². The molecule has 1 aromatic rings. The predicted octanol–water partition coefficient (Wildman–Crippen LogP) is 3.74. The van der Waals surface area contributed by atoms with Gasteiger partial charge in [-0.25, -0.2) is 4.39 Å². The quantitative estimate of drug-likeness (QED) is 0.768. The van der Waals surface area contributed by atoms with E-state index in [2.05, 4.69) is 0 Å². The second-order valence-corrected chi connectivity index (χ2v) is 4.67. The summed E-state index contributed by atoms with van der Waals surface area (Å²) >= 11 is 0. The van der Waals surface area contributed by atoms with Crippen molar-refractivity contribution in [2.45, 2.75) is 32.1 Å². The van der Waals surface area contributed by atoms with E-state index in [0.29, 0.717) is 0 Å². The van der Waals surface area contributed by atoms with E-state index in [4.69, 9.17) is 4.74 Å². The molecule has 98 valence electrons. The second kappa shape index (κ2) is 5.46. The summed E-state index contributed by atoms with van der Waals surface area (Å²) < 4.78 is 31.4. The maximum atomic E-state index is 13.3. The van der Waals surface area contributed by atoms with Gasteiger partial charge < -0.3 is 4.74 Å². The molecule has 0 saturated heterocycles. The highest BCUT2D eigenvalue weighted by atomic mass is 19.2. The van der Waals surface area contributed by atoms with E-state index in [9.17, 15) is 13.6 Å². The molecule has 1 fully saturated rings. The number of halogens is 2. The molecule has 1 aliphatic rings. The Balaban J connectivity index is 2.27. The Labute approximate surface area is 105 Å². The van der Waals surface area contributed by atoms with Crippen molar-refractivity contribution in [3.05, 3.63) is 29.3 Å². The van der Waals surface area contributed by atoms with E-state index < -0.39 is 11.6 Å². The molecule has 0 heterocycles. The Morgan fingerprint density at radius 3 is 2.50 bits per heavy atom. The van der Waals surface area contributed by atoms with Gasteiger partial charge in [0.2, 0.25) is 5.82 Å². The van der Waals surface area contributed by atoms with Gasteiger partial charge in [0, 0.05) is 11.5 Å². The summed E-state index contributed by atoms with van der Waals surface area (Å²) in [5.41, 5.74) is 0.206. The summed E-state index contributed by atoms with van der Waals surface area (Å²) in [6, 6.07) is 2.25. The first kappa shape index (κ1) is 13.0. The number of methoxy groups -OCH3 is 1. The van der Waals surface area contributed by atoms with Crippen LogP contribution in [0.3, 0.4) is 0 Å². The van der Waals surface area contributed by atoms with Gasteiger partial charge in [0.1, 0.15) is 0 Å². The average Bonchev–Trinajstić information content (AvgIpc) is 2.42. The van der Waals surface area contributed by atoms with Crippen molar-refractivity contribution in [1.29, 1.82) is 0 Å². The molecule has 0 atom stereocenters. The maximum Gasteiger partial charge on any atom is 0.200 e. The topological polar surface area (TPSA) is 26.3 Å². The SMILES string of the molecule is COc1cc(C(=O)C2CCCCC2)cc(F)c1F. The molecule has 0 unspecified atom stereocenters. The van der Waals surface area contributed by atoms with Gasteiger partial charge in [0.05, 0.1) is 7.11 Å². The molecule has 0 N–H and O–H groups in total. The number of ketones is 1. The van der Waals surface area contributed by atoms with E-state index >= 15 is 0 Å². The van der Waals surface area contributed by atoms with Crippen molar-refractivity contribution in [3.63, 3.8) is 0 Å². The van der Waals surface area contributed by atoms with Crippen LogP contribution in [0.15, 0.2) is 12.1 Å². The van der Waals surface area contributed by atoms with Crippen molar-refractivity contribution in [3.8, 4) is 5.75 Å². The fraction of sp³-hybridized carbons (Fsp3) is 0.500. The van der Waals surface area contributed by atoms with Gasteiger partial charge in [-0.2, -0.15) is 4.39 Å². The zero-order valence-corrected chi connectivity index (χ0v) is 10.3. The Kier molecular flexibility index (Phi) is 3.94. The van der Waals surface area contributed by atoms with Crippen LogP contribution in [0.5, 0.6) is 5.75 Å². The van der Waals surface area contributed by atoms with Gasteiger partial charge in [0.15, 0.2) is 17.3 Å². The van der Waals surface area contributed by atoms with Gasteiger partial charge in [-0.1, -0.05) is 19.3 Å². The normalized spacial score (nSPS) is 16.6. The zero-order chi connectivity index (χ0) is 13.1. The van der Waals surface area contributed by atoms with Gasteiger partial charge in [-0.05, 0) is 25.0 Å². The molecular weight excluding hydrogens is 238 g/mol. The van der Waals surface area contributed by atoms with E-state index in [1.807, 2.05) is 0 Å². The van der Waals surface area contributed by atoms with Crippen LogP contribution in [0.25, 0.3) is 0 Å². The van der Waals surface area contributed by atoms with Crippen LogP contribution in [0.4, 0.5) is 8.78 Å². The van der Waals surface area contributed by atoms with Crippen LogP contribution in [-0.2, 0) is 0 Å². The number of rotatable bonds is 3. The Morgan fingerprint density at radius 1 is 1.22 bits per heavy atom. The lowest BCUT2D eigenvalue weighted by molar-refractivity contribution is 0.0888. The lowest BCUT2D eigenvalue weighted by Crippen LogP contribution is -2.18. The molecule has 0 aromatic heterocycles. The third-order valence-electron chi connectivity index (χ3n) is 3.48. The molecule has 4 heteroatoms. The number of carbonyl (C=O) groups excluding carboxylic acids is 1. The van der Waals surface area contributed by atoms with Crippen molar-refractivity contribution < 1.29 is 18.3 Å². The van der Waals surface area contributed by atoms with Crippen molar-refractivity contribution in [2.24, 2.45) is 5.92 Å². The number of hydrogen-bond donors (Lipinski definition) is 0. The summed E-state index contributed by atoms with van der Waals surface area (Å²) in [4.78, 5) is 12.2. The first-order chi connectivity index (χ1) is 8.63. The smallest absolute Gasteiger partial charge is 0.200 e.